The molecule has 1 aromatic rings. The Hall–Kier alpha value is -0.870. The van der Waals surface area contributed by atoms with Gasteiger partial charge in [0, 0.05) is 22.1 Å². The van der Waals surface area contributed by atoms with Gasteiger partial charge in [0.1, 0.15) is 0 Å². The van der Waals surface area contributed by atoms with Gasteiger partial charge in [0.05, 0.1) is 0 Å². The SMILES string of the molecule is C=CC(C)NC(C)c1cc(Br)cc(F)c1O. The maximum atomic E-state index is 13.3. The molecule has 1 rings (SSSR count). The van der Waals surface area contributed by atoms with E-state index in [1.54, 1.807) is 12.1 Å². The molecule has 2 unspecified atom stereocenters. The molecule has 0 fully saturated rings. The van der Waals surface area contributed by atoms with Crippen molar-refractivity contribution in [1.82, 2.24) is 5.32 Å². The van der Waals surface area contributed by atoms with Crippen LogP contribution in [0.25, 0.3) is 0 Å². The molecule has 0 aromatic heterocycles. The summed E-state index contributed by atoms with van der Waals surface area (Å²) < 4.78 is 13.9. The van der Waals surface area contributed by atoms with Crippen LogP contribution in [0.1, 0.15) is 25.5 Å². The molecule has 16 heavy (non-hydrogen) atoms. The number of rotatable bonds is 4. The number of phenolic OH excluding ortho intramolecular Hbond substituents is 1. The molecule has 2 atom stereocenters. The molecular formula is C12H15BrFNO. The lowest BCUT2D eigenvalue weighted by atomic mass is 10.1. The van der Waals surface area contributed by atoms with Gasteiger partial charge >= 0.3 is 0 Å². The van der Waals surface area contributed by atoms with Gasteiger partial charge in [-0.25, -0.2) is 4.39 Å². The molecule has 0 saturated carbocycles. The van der Waals surface area contributed by atoms with Crippen LogP contribution >= 0.6 is 15.9 Å². The summed E-state index contributed by atoms with van der Waals surface area (Å²) in [5.41, 5.74) is 0.528. The van der Waals surface area contributed by atoms with Crippen LogP contribution in [0.15, 0.2) is 29.3 Å². The second kappa shape index (κ2) is 5.46. The van der Waals surface area contributed by atoms with E-state index in [9.17, 15) is 9.50 Å². The number of aromatic hydroxyl groups is 1. The summed E-state index contributed by atoms with van der Waals surface area (Å²) in [5.74, 6) is -0.927. The van der Waals surface area contributed by atoms with Crippen molar-refractivity contribution >= 4 is 15.9 Å². The maximum Gasteiger partial charge on any atom is 0.166 e. The predicted molar refractivity (Wildman–Crippen MR) is 67.0 cm³/mol. The van der Waals surface area contributed by atoms with E-state index in [1.165, 1.54) is 6.07 Å². The zero-order chi connectivity index (χ0) is 12.3. The van der Waals surface area contributed by atoms with Crippen molar-refractivity contribution in [1.29, 1.82) is 0 Å². The summed E-state index contributed by atoms with van der Waals surface area (Å²) in [5, 5.41) is 12.8. The average molecular weight is 288 g/mol. The molecule has 0 spiro atoms. The second-order valence-corrected chi connectivity index (χ2v) is 4.65. The van der Waals surface area contributed by atoms with E-state index in [0.717, 1.165) is 0 Å². The minimum atomic E-state index is -0.621. The summed E-state index contributed by atoms with van der Waals surface area (Å²) in [6, 6.07) is 2.88. The monoisotopic (exact) mass is 287 g/mol. The van der Waals surface area contributed by atoms with Gasteiger partial charge in [-0.15, -0.1) is 6.58 Å². The van der Waals surface area contributed by atoms with Crippen molar-refractivity contribution in [3.05, 3.63) is 40.6 Å². The first-order chi connectivity index (χ1) is 7.45. The summed E-state index contributed by atoms with van der Waals surface area (Å²) in [4.78, 5) is 0. The third-order valence-electron chi connectivity index (χ3n) is 2.39. The number of halogens is 2. The largest absolute Gasteiger partial charge is 0.505 e. The highest BCUT2D eigenvalue weighted by Gasteiger charge is 2.15. The average Bonchev–Trinajstić information content (AvgIpc) is 2.22. The van der Waals surface area contributed by atoms with E-state index in [0.29, 0.717) is 10.0 Å². The molecule has 2 N–H and O–H groups in total. The first-order valence-electron chi connectivity index (χ1n) is 5.02. The number of hydrogen-bond acceptors (Lipinski definition) is 2. The minimum absolute atomic E-state index is 0.0939. The van der Waals surface area contributed by atoms with Gasteiger partial charge in [0.15, 0.2) is 11.6 Å². The first-order valence-corrected chi connectivity index (χ1v) is 5.81. The predicted octanol–water partition coefficient (Wildman–Crippen LogP) is 3.52. The number of phenols is 1. The highest BCUT2D eigenvalue weighted by atomic mass is 79.9. The minimum Gasteiger partial charge on any atom is -0.505 e. The van der Waals surface area contributed by atoms with Crippen molar-refractivity contribution in [2.45, 2.75) is 25.9 Å². The summed E-state index contributed by atoms with van der Waals surface area (Å²) in [7, 11) is 0. The highest BCUT2D eigenvalue weighted by molar-refractivity contribution is 9.10. The smallest absolute Gasteiger partial charge is 0.166 e. The van der Waals surface area contributed by atoms with E-state index in [1.807, 2.05) is 13.8 Å². The van der Waals surface area contributed by atoms with Crippen LogP contribution in [0.2, 0.25) is 0 Å². The Bertz CT molecular complexity index is 395. The maximum absolute atomic E-state index is 13.3. The molecule has 0 aliphatic carbocycles. The third kappa shape index (κ3) is 3.06. The third-order valence-corrected chi connectivity index (χ3v) is 2.85. The lowest BCUT2D eigenvalue weighted by molar-refractivity contribution is 0.412. The van der Waals surface area contributed by atoms with Gasteiger partial charge < -0.3 is 10.4 Å². The first kappa shape index (κ1) is 13.2. The van der Waals surface area contributed by atoms with Gasteiger partial charge in [0.25, 0.3) is 0 Å². The van der Waals surface area contributed by atoms with E-state index < -0.39 is 5.82 Å². The Kier molecular flexibility index (Phi) is 4.50. The van der Waals surface area contributed by atoms with Gasteiger partial charge in [0.2, 0.25) is 0 Å². The Morgan fingerprint density at radius 3 is 2.69 bits per heavy atom. The number of hydrogen-bond donors (Lipinski definition) is 2. The van der Waals surface area contributed by atoms with Crippen LogP contribution in [-0.4, -0.2) is 11.1 Å². The highest BCUT2D eigenvalue weighted by Crippen LogP contribution is 2.30. The Morgan fingerprint density at radius 1 is 1.50 bits per heavy atom. The lowest BCUT2D eigenvalue weighted by Crippen LogP contribution is -2.27. The van der Waals surface area contributed by atoms with Crippen LogP contribution in [0.3, 0.4) is 0 Å². The molecule has 0 amide bonds. The van der Waals surface area contributed by atoms with Crippen LogP contribution in [0.5, 0.6) is 5.75 Å². The van der Waals surface area contributed by atoms with E-state index in [2.05, 4.69) is 27.8 Å². The fraction of sp³-hybridized carbons (Fsp3) is 0.333. The molecule has 1 aromatic carbocycles. The second-order valence-electron chi connectivity index (χ2n) is 3.74. The summed E-state index contributed by atoms with van der Waals surface area (Å²) in [6.45, 7) is 7.46. The van der Waals surface area contributed by atoms with Gasteiger partial charge in [-0.1, -0.05) is 22.0 Å². The molecule has 88 valence electrons. The number of benzene rings is 1. The zero-order valence-electron chi connectivity index (χ0n) is 9.30. The summed E-state index contributed by atoms with van der Waals surface area (Å²) >= 11 is 3.20. The van der Waals surface area contributed by atoms with Gasteiger partial charge in [-0.05, 0) is 26.0 Å². The molecule has 0 aliphatic rings. The quantitative estimate of drug-likeness (QED) is 0.831. The van der Waals surface area contributed by atoms with Crippen molar-refractivity contribution in [2.24, 2.45) is 0 Å². The van der Waals surface area contributed by atoms with Crippen molar-refractivity contribution in [2.75, 3.05) is 0 Å². The van der Waals surface area contributed by atoms with Crippen molar-refractivity contribution < 1.29 is 9.50 Å². The van der Waals surface area contributed by atoms with Gasteiger partial charge in [-0.3, -0.25) is 0 Å². The fourth-order valence-electron chi connectivity index (χ4n) is 1.47. The Labute approximate surface area is 103 Å². The Balaban J connectivity index is 2.98. The fourth-order valence-corrected chi connectivity index (χ4v) is 1.92. The van der Waals surface area contributed by atoms with Crippen molar-refractivity contribution in [3.8, 4) is 5.75 Å². The molecule has 0 radical (unpaired) electrons. The lowest BCUT2D eigenvalue weighted by Gasteiger charge is -2.19. The topological polar surface area (TPSA) is 32.3 Å². The standard InChI is InChI=1S/C12H15BrFNO/c1-4-7(2)15-8(3)10-5-9(13)6-11(14)12(10)16/h4-8,15-16H,1H2,2-3H3. The molecule has 0 bridgehead atoms. The molecule has 0 saturated heterocycles. The van der Waals surface area contributed by atoms with E-state index in [4.69, 9.17) is 0 Å². The van der Waals surface area contributed by atoms with E-state index in [-0.39, 0.29) is 17.8 Å². The van der Waals surface area contributed by atoms with Gasteiger partial charge in [-0.2, -0.15) is 0 Å². The van der Waals surface area contributed by atoms with Crippen LogP contribution in [-0.2, 0) is 0 Å². The molecule has 2 nitrogen and oxygen atoms in total. The van der Waals surface area contributed by atoms with Crippen LogP contribution < -0.4 is 5.32 Å². The molecule has 0 aliphatic heterocycles. The number of nitrogens with one attached hydrogen (secondary N) is 1. The molecule has 0 heterocycles. The van der Waals surface area contributed by atoms with Crippen molar-refractivity contribution in [3.63, 3.8) is 0 Å². The molecule has 4 heteroatoms. The zero-order valence-corrected chi connectivity index (χ0v) is 10.9. The Morgan fingerprint density at radius 2 is 2.12 bits per heavy atom. The summed E-state index contributed by atoms with van der Waals surface area (Å²) in [6.07, 6.45) is 1.75. The van der Waals surface area contributed by atoms with Crippen LogP contribution in [0.4, 0.5) is 4.39 Å². The van der Waals surface area contributed by atoms with Crippen LogP contribution in [0, 0.1) is 5.82 Å². The van der Waals surface area contributed by atoms with E-state index >= 15 is 0 Å². The molecular weight excluding hydrogens is 273 g/mol. The normalized spacial score (nSPS) is 14.5.